The molecule has 1 aromatic rings. The minimum absolute atomic E-state index is 0.0246. The lowest BCUT2D eigenvalue weighted by Gasteiger charge is -2.10. The standard InChI is InChI=1S/C11H16N2O2/c1-3-15-8(2)10(14)7-9-5-4-6-13-11(9)12/h4-6,8H,3,7H2,1-2H3,(H2,12,13). The highest BCUT2D eigenvalue weighted by Crippen LogP contribution is 2.09. The Kier molecular flexibility index (Phi) is 4.24. The Balaban J connectivity index is 2.62. The molecule has 0 aliphatic heterocycles. The van der Waals surface area contributed by atoms with Crippen molar-refractivity contribution in [2.24, 2.45) is 0 Å². The minimum atomic E-state index is -0.380. The number of rotatable bonds is 5. The van der Waals surface area contributed by atoms with Crippen LogP contribution in [-0.4, -0.2) is 23.5 Å². The predicted molar refractivity (Wildman–Crippen MR) is 58.4 cm³/mol. The van der Waals surface area contributed by atoms with Gasteiger partial charge in [-0.05, 0) is 19.9 Å². The average Bonchev–Trinajstić information content (AvgIpc) is 2.21. The van der Waals surface area contributed by atoms with E-state index in [0.717, 1.165) is 5.56 Å². The summed E-state index contributed by atoms with van der Waals surface area (Å²) in [5.74, 6) is 0.436. The van der Waals surface area contributed by atoms with Crippen molar-refractivity contribution in [1.29, 1.82) is 0 Å². The number of nitrogen functional groups attached to an aromatic ring is 1. The Morgan fingerprint density at radius 2 is 2.40 bits per heavy atom. The van der Waals surface area contributed by atoms with Gasteiger partial charge < -0.3 is 10.5 Å². The molecule has 0 aliphatic rings. The summed E-state index contributed by atoms with van der Waals surface area (Å²) >= 11 is 0. The molecule has 1 heterocycles. The number of carbonyl (C=O) groups excluding carboxylic acids is 1. The number of ether oxygens (including phenoxy) is 1. The molecule has 4 nitrogen and oxygen atoms in total. The van der Waals surface area contributed by atoms with Gasteiger partial charge in [0.1, 0.15) is 11.9 Å². The molecule has 0 aromatic carbocycles. The first kappa shape index (κ1) is 11.7. The van der Waals surface area contributed by atoms with Crippen LogP contribution in [0.1, 0.15) is 19.4 Å². The van der Waals surface area contributed by atoms with Gasteiger partial charge in [-0.1, -0.05) is 6.07 Å². The molecule has 0 saturated carbocycles. The fourth-order valence-electron chi connectivity index (χ4n) is 1.27. The quantitative estimate of drug-likeness (QED) is 0.789. The van der Waals surface area contributed by atoms with Crippen molar-refractivity contribution in [3.8, 4) is 0 Å². The van der Waals surface area contributed by atoms with Crippen LogP contribution >= 0.6 is 0 Å². The second kappa shape index (κ2) is 5.46. The van der Waals surface area contributed by atoms with Gasteiger partial charge in [0.25, 0.3) is 0 Å². The van der Waals surface area contributed by atoms with Crippen molar-refractivity contribution in [2.75, 3.05) is 12.3 Å². The first-order valence-corrected chi connectivity index (χ1v) is 4.98. The van der Waals surface area contributed by atoms with Crippen LogP contribution in [0.15, 0.2) is 18.3 Å². The van der Waals surface area contributed by atoms with E-state index in [1.807, 2.05) is 6.92 Å². The Labute approximate surface area is 89.5 Å². The zero-order chi connectivity index (χ0) is 11.3. The van der Waals surface area contributed by atoms with Crippen molar-refractivity contribution < 1.29 is 9.53 Å². The smallest absolute Gasteiger partial charge is 0.165 e. The SMILES string of the molecule is CCOC(C)C(=O)Cc1cccnc1N. The summed E-state index contributed by atoms with van der Waals surface area (Å²) in [5.41, 5.74) is 6.40. The summed E-state index contributed by atoms with van der Waals surface area (Å²) in [4.78, 5) is 15.6. The summed E-state index contributed by atoms with van der Waals surface area (Å²) in [6.45, 7) is 4.15. The molecular formula is C11H16N2O2. The molecule has 4 heteroatoms. The molecule has 82 valence electrons. The lowest BCUT2D eigenvalue weighted by Crippen LogP contribution is -2.23. The number of carbonyl (C=O) groups is 1. The van der Waals surface area contributed by atoms with Gasteiger partial charge in [0.05, 0.1) is 0 Å². The number of Topliss-reactive ketones (excluding diaryl/α,β-unsaturated/α-hetero) is 1. The van der Waals surface area contributed by atoms with Crippen molar-refractivity contribution >= 4 is 11.6 Å². The average molecular weight is 208 g/mol. The van der Waals surface area contributed by atoms with Crippen LogP contribution in [0.25, 0.3) is 0 Å². The van der Waals surface area contributed by atoms with Crippen LogP contribution in [0.2, 0.25) is 0 Å². The number of hydrogen-bond acceptors (Lipinski definition) is 4. The maximum Gasteiger partial charge on any atom is 0.165 e. The van der Waals surface area contributed by atoms with Crippen LogP contribution in [0.4, 0.5) is 5.82 Å². The monoisotopic (exact) mass is 208 g/mol. The van der Waals surface area contributed by atoms with Gasteiger partial charge >= 0.3 is 0 Å². The first-order valence-electron chi connectivity index (χ1n) is 4.98. The van der Waals surface area contributed by atoms with Gasteiger partial charge in [0, 0.05) is 24.8 Å². The van der Waals surface area contributed by atoms with Crippen molar-refractivity contribution in [2.45, 2.75) is 26.4 Å². The topological polar surface area (TPSA) is 65.2 Å². The number of anilines is 1. The third-order valence-electron chi connectivity index (χ3n) is 2.16. The Morgan fingerprint density at radius 1 is 1.67 bits per heavy atom. The van der Waals surface area contributed by atoms with Crippen LogP contribution in [-0.2, 0) is 16.0 Å². The third kappa shape index (κ3) is 3.32. The van der Waals surface area contributed by atoms with Crippen LogP contribution < -0.4 is 5.73 Å². The van der Waals surface area contributed by atoms with Gasteiger partial charge in [-0.25, -0.2) is 4.98 Å². The zero-order valence-corrected chi connectivity index (χ0v) is 9.06. The molecule has 1 atom stereocenters. The fourth-order valence-corrected chi connectivity index (χ4v) is 1.27. The molecule has 0 amide bonds. The van der Waals surface area contributed by atoms with E-state index in [1.54, 1.807) is 25.3 Å². The number of hydrogen-bond donors (Lipinski definition) is 1. The number of pyridine rings is 1. The van der Waals surface area contributed by atoms with E-state index < -0.39 is 0 Å². The summed E-state index contributed by atoms with van der Waals surface area (Å²) < 4.78 is 5.20. The predicted octanol–water partition coefficient (Wildman–Crippen LogP) is 1.20. The second-order valence-electron chi connectivity index (χ2n) is 3.29. The molecule has 0 saturated heterocycles. The van der Waals surface area contributed by atoms with Crippen LogP contribution in [0, 0.1) is 0 Å². The van der Waals surface area contributed by atoms with E-state index in [9.17, 15) is 4.79 Å². The maximum atomic E-state index is 11.6. The zero-order valence-electron chi connectivity index (χ0n) is 9.06. The van der Waals surface area contributed by atoms with Gasteiger partial charge in [0.2, 0.25) is 0 Å². The van der Waals surface area contributed by atoms with E-state index in [4.69, 9.17) is 10.5 Å². The highest BCUT2D eigenvalue weighted by Gasteiger charge is 2.14. The van der Waals surface area contributed by atoms with E-state index in [0.29, 0.717) is 12.4 Å². The second-order valence-corrected chi connectivity index (χ2v) is 3.29. The molecule has 1 aromatic heterocycles. The molecule has 0 spiro atoms. The molecule has 0 radical (unpaired) electrons. The highest BCUT2D eigenvalue weighted by atomic mass is 16.5. The van der Waals surface area contributed by atoms with Gasteiger partial charge in [-0.15, -0.1) is 0 Å². The maximum absolute atomic E-state index is 11.6. The Hall–Kier alpha value is -1.42. The molecule has 1 unspecified atom stereocenters. The van der Waals surface area contributed by atoms with Gasteiger partial charge in [0.15, 0.2) is 5.78 Å². The fraction of sp³-hybridized carbons (Fsp3) is 0.455. The number of nitrogens with zero attached hydrogens (tertiary/aromatic N) is 1. The van der Waals surface area contributed by atoms with Crippen molar-refractivity contribution in [1.82, 2.24) is 4.98 Å². The van der Waals surface area contributed by atoms with Crippen molar-refractivity contribution in [3.05, 3.63) is 23.9 Å². The van der Waals surface area contributed by atoms with Gasteiger partial charge in [-0.3, -0.25) is 4.79 Å². The van der Waals surface area contributed by atoms with Gasteiger partial charge in [-0.2, -0.15) is 0 Å². The van der Waals surface area contributed by atoms with E-state index >= 15 is 0 Å². The van der Waals surface area contributed by atoms with E-state index in [-0.39, 0.29) is 18.3 Å². The van der Waals surface area contributed by atoms with E-state index in [1.165, 1.54) is 0 Å². The summed E-state index contributed by atoms with van der Waals surface area (Å²) in [6.07, 6.45) is 1.51. The molecule has 15 heavy (non-hydrogen) atoms. The molecule has 0 fully saturated rings. The lowest BCUT2D eigenvalue weighted by molar-refractivity contribution is -0.128. The van der Waals surface area contributed by atoms with E-state index in [2.05, 4.69) is 4.98 Å². The van der Waals surface area contributed by atoms with Crippen molar-refractivity contribution in [3.63, 3.8) is 0 Å². The highest BCUT2D eigenvalue weighted by molar-refractivity contribution is 5.85. The number of nitrogens with two attached hydrogens (primary N) is 1. The normalized spacial score (nSPS) is 12.4. The summed E-state index contributed by atoms with van der Waals surface area (Å²) in [7, 11) is 0. The molecule has 1 rings (SSSR count). The van der Waals surface area contributed by atoms with Crippen LogP contribution in [0.5, 0.6) is 0 Å². The Bertz CT molecular complexity index is 339. The number of aromatic nitrogens is 1. The molecule has 2 N–H and O–H groups in total. The summed E-state index contributed by atoms with van der Waals surface area (Å²) in [5, 5.41) is 0. The lowest BCUT2D eigenvalue weighted by atomic mass is 10.1. The Morgan fingerprint density at radius 3 is 3.00 bits per heavy atom. The minimum Gasteiger partial charge on any atom is -0.383 e. The molecular weight excluding hydrogens is 192 g/mol. The number of ketones is 1. The first-order chi connectivity index (χ1) is 7.15. The molecule has 0 aliphatic carbocycles. The third-order valence-corrected chi connectivity index (χ3v) is 2.16. The largest absolute Gasteiger partial charge is 0.383 e. The molecule has 0 bridgehead atoms. The van der Waals surface area contributed by atoms with Crippen LogP contribution in [0.3, 0.4) is 0 Å². The summed E-state index contributed by atoms with van der Waals surface area (Å²) in [6, 6.07) is 3.57.